The Labute approximate surface area is 157 Å². The van der Waals surface area contributed by atoms with Crippen LogP contribution in [0.15, 0.2) is 48.8 Å². The summed E-state index contributed by atoms with van der Waals surface area (Å²) in [6.07, 6.45) is 1.53. The first-order chi connectivity index (χ1) is 12.3. The zero-order valence-corrected chi connectivity index (χ0v) is 16.8. The number of alkyl halides is 1. The molecule has 3 aromatic rings. The minimum atomic E-state index is 0.648. The van der Waals surface area contributed by atoms with Crippen molar-refractivity contribution in [2.24, 2.45) is 0 Å². The number of benzene rings is 2. The second kappa shape index (κ2) is 11.3. The SMILES string of the molecule is CBr.CC.COc1cc2ncnc(Nc3ccccc3)c2cc1OC. The summed E-state index contributed by atoms with van der Waals surface area (Å²) in [5.74, 6) is 3.84. The molecular formula is C19H24BrN3O2. The Morgan fingerprint density at radius 3 is 2.08 bits per heavy atom. The molecule has 25 heavy (non-hydrogen) atoms. The van der Waals surface area contributed by atoms with E-state index in [2.05, 4.69) is 31.2 Å². The van der Waals surface area contributed by atoms with Crippen LogP contribution in [0.25, 0.3) is 10.9 Å². The lowest BCUT2D eigenvalue weighted by Crippen LogP contribution is -1.97. The lowest BCUT2D eigenvalue weighted by Gasteiger charge is -2.12. The molecule has 0 bridgehead atoms. The van der Waals surface area contributed by atoms with Gasteiger partial charge in [-0.05, 0) is 24.0 Å². The molecule has 0 aliphatic rings. The highest BCUT2D eigenvalue weighted by atomic mass is 79.9. The van der Waals surface area contributed by atoms with Crippen LogP contribution in [0.3, 0.4) is 0 Å². The fraction of sp³-hybridized carbons (Fsp3) is 0.263. The van der Waals surface area contributed by atoms with E-state index in [0.29, 0.717) is 11.5 Å². The highest BCUT2D eigenvalue weighted by Gasteiger charge is 2.10. The Hall–Kier alpha value is -2.34. The van der Waals surface area contributed by atoms with Crippen LogP contribution >= 0.6 is 15.9 Å². The third kappa shape index (κ3) is 5.32. The van der Waals surface area contributed by atoms with Crippen molar-refractivity contribution in [3.05, 3.63) is 48.8 Å². The number of para-hydroxylation sites is 1. The summed E-state index contributed by atoms with van der Waals surface area (Å²) in [6.45, 7) is 4.00. The molecule has 2 aromatic carbocycles. The van der Waals surface area contributed by atoms with Gasteiger partial charge < -0.3 is 14.8 Å². The minimum Gasteiger partial charge on any atom is -0.493 e. The molecule has 0 saturated heterocycles. The van der Waals surface area contributed by atoms with Crippen molar-refractivity contribution in [2.45, 2.75) is 13.8 Å². The van der Waals surface area contributed by atoms with Crippen molar-refractivity contribution in [3.63, 3.8) is 0 Å². The number of halogens is 1. The first-order valence-electron chi connectivity index (χ1n) is 7.88. The van der Waals surface area contributed by atoms with Crippen LogP contribution in [-0.2, 0) is 0 Å². The van der Waals surface area contributed by atoms with Crippen LogP contribution in [0.5, 0.6) is 11.5 Å². The Balaban J connectivity index is 0.000000730. The molecule has 0 fully saturated rings. The molecule has 5 nitrogen and oxygen atoms in total. The van der Waals surface area contributed by atoms with Crippen molar-refractivity contribution in [1.29, 1.82) is 0 Å². The van der Waals surface area contributed by atoms with Gasteiger partial charge in [0.2, 0.25) is 0 Å². The van der Waals surface area contributed by atoms with E-state index in [0.717, 1.165) is 22.4 Å². The van der Waals surface area contributed by atoms with Gasteiger partial charge in [0.1, 0.15) is 12.1 Å². The van der Waals surface area contributed by atoms with Gasteiger partial charge in [-0.2, -0.15) is 0 Å². The van der Waals surface area contributed by atoms with E-state index in [9.17, 15) is 0 Å². The molecule has 1 heterocycles. The molecule has 0 amide bonds. The maximum atomic E-state index is 5.34. The van der Waals surface area contributed by atoms with Crippen LogP contribution in [0.4, 0.5) is 11.5 Å². The van der Waals surface area contributed by atoms with Crippen molar-refractivity contribution < 1.29 is 9.47 Å². The number of nitrogens with one attached hydrogen (secondary N) is 1. The molecule has 0 radical (unpaired) electrons. The normalized spacial score (nSPS) is 9.20. The number of hydrogen-bond acceptors (Lipinski definition) is 5. The van der Waals surface area contributed by atoms with E-state index in [1.54, 1.807) is 14.2 Å². The third-order valence-corrected chi connectivity index (χ3v) is 3.18. The molecule has 0 spiro atoms. The molecule has 1 aromatic heterocycles. The Morgan fingerprint density at radius 1 is 0.880 bits per heavy atom. The molecule has 0 unspecified atom stereocenters. The maximum absolute atomic E-state index is 5.34. The number of aromatic nitrogens is 2. The van der Waals surface area contributed by atoms with E-state index in [1.807, 2.05) is 62.1 Å². The van der Waals surface area contributed by atoms with E-state index >= 15 is 0 Å². The van der Waals surface area contributed by atoms with Gasteiger partial charge in [-0.1, -0.05) is 48.0 Å². The molecule has 0 aliphatic carbocycles. The second-order valence-electron chi connectivity index (χ2n) is 4.44. The number of fused-ring (bicyclic) bond motifs is 1. The molecule has 0 atom stereocenters. The predicted molar refractivity (Wildman–Crippen MR) is 109 cm³/mol. The summed E-state index contributed by atoms with van der Waals surface area (Å²) < 4.78 is 10.6. The lowest BCUT2D eigenvalue weighted by molar-refractivity contribution is 0.356. The van der Waals surface area contributed by atoms with Gasteiger partial charge in [-0.15, -0.1) is 0 Å². The number of nitrogens with zero attached hydrogens (tertiary/aromatic N) is 2. The third-order valence-electron chi connectivity index (χ3n) is 3.18. The number of methoxy groups -OCH3 is 2. The number of rotatable bonds is 4. The van der Waals surface area contributed by atoms with E-state index in [4.69, 9.17) is 9.47 Å². The Bertz CT molecular complexity index is 767. The summed E-state index contributed by atoms with van der Waals surface area (Å²) in [4.78, 5) is 8.60. The summed E-state index contributed by atoms with van der Waals surface area (Å²) >= 11 is 2.94. The monoisotopic (exact) mass is 405 g/mol. The largest absolute Gasteiger partial charge is 0.493 e. The van der Waals surface area contributed by atoms with Crippen molar-refractivity contribution >= 4 is 38.3 Å². The van der Waals surface area contributed by atoms with Crippen molar-refractivity contribution in [1.82, 2.24) is 9.97 Å². The van der Waals surface area contributed by atoms with Crippen LogP contribution < -0.4 is 14.8 Å². The van der Waals surface area contributed by atoms with Crippen LogP contribution in [0, 0.1) is 0 Å². The van der Waals surface area contributed by atoms with Gasteiger partial charge in [-0.3, -0.25) is 0 Å². The summed E-state index contributed by atoms with van der Waals surface area (Å²) in [7, 11) is 3.21. The molecule has 134 valence electrons. The lowest BCUT2D eigenvalue weighted by atomic mass is 10.2. The van der Waals surface area contributed by atoms with Gasteiger partial charge in [0.25, 0.3) is 0 Å². The Morgan fingerprint density at radius 2 is 1.48 bits per heavy atom. The molecule has 6 heteroatoms. The minimum absolute atomic E-state index is 0.648. The first-order valence-corrected chi connectivity index (χ1v) is 9.47. The topological polar surface area (TPSA) is 56.3 Å². The first kappa shape index (κ1) is 20.7. The molecule has 3 rings (SSSR count). The predicted octanol–water partition coefficient (Wildman–Crippen LogP) is 5.43. The average Bonchev–Trinajstić information content (AvgIpc) is 2.71. The van der Waals surface area contributed by atoms with Gasteiger partial charge in [0, 0.05) is 17.1 Å². The number of ether oxygens (including phenoxy) is 2. The Kier molecular flexibility index (Phi) is 9.32. The van der Waals surface area contributed by atoms with Gasteiger partial charge in [0.15, 0.2) is 11.5 Å². The maximum Gasteiger partial charge on any atom is 0.162 e. The van der Waals surface area contributed by atoms with Crippen molar-refractivity contribution in [2.75, 3.05) is 25.4 Å². The fourth-order valence-electron chi connectivity index (χ4n) is 2.14. The summed E-state index contributed by atoms with van der Waals surface area (Å²) in [6, 6.07) is 13.6. The van der Waals surface area contributed by atoms with Crippen LogP contribution in [-0.4, -0.2) is 30.0 Å². The second-order valence-corrected chi connectivity index (χ2v) is 4.44. The standard InChI is InChI=1S/C16H15N3O2.C2H6.CH3Br/c1-20-14-8-12-13(9-15(14)21-2)17-10-18-16(12)19-11-6-4-3-5-7-11;2*1-2/h3-10H,1-2H3,(H,17,18,19);1-2H3;1H3. The number of anilines is 2. The van der Waals surface area contributed by atoms with Crippen molar-refractivity contribution in [3.8, 4) is 11.5 Å². The molecule has 0 aliphatic heterocycles. The summed E-state index contributed by atoms with van der Waals surface area (Å²) in [5.41, 5.74) is 1.76. The van der Waals surface area contributed by atoms with Crippen LogP contribution in [0.1, 0.15) is 13.8 Å². The molecule has 0 saturated carbocycles. The van der Waals surface area contributed by atoms with E-state index < -0.39 is 0 Å². The van der Waals surface area contributed by atoms with Gasteiger partial charge >= 0.3 is 0 Å². The summed E-state index contributed by atoms with van der Waals surface area (Å²) in [5, 5.41) is 4.16. The van der Waals surface area contributed by atoms with Crippen LogP contribution in [0.2, 0.25) is 0 Å². The smallest absolute Gasteiger partial charge is 0.162 e. The quantitative estimate of drug-likeness (QED) is 0.586. The zero-order chi connectivity index (χ0) is 18.7. The van der Waals surface area contributed by atoms with Gasteiger partial charge in [-0.25, -0.2) is 9.97 Å². The fourth-order valence-corrected chi connectivity index (χ4v) is 2.14. The zero-order valence-electron chi connectivity index (χ0n) is 15.2. The van der Waals surface area contributed by atoms with E-state index in [1.165, 1.54) is 6.33 Å². The number of hydrogen-bond donors (Lipinski definition) is 1. The highest BCUT2D eigenvalue weighted by molar-refractivity contribution is 9.08. The van der Waals surface area contributed by atoms with E-state index in [-0.39, 0.29) is 0 Å². The molecule has 1 N–H and O–H groups in total. The van der Waals surface area contributed by atoms with Gasteiger partial charge in [0.05, 0.1) is 19.7 Å². The molecular weight excluding hydrogens is 382 g/mol. The highest BCUT2D eigenvalue weighted by Crippen LogP contribution is 2.34. The average molecular weight is 406 g/mol.